The summed E-state index contributed by atoms with van der Waals surface area (Å²) in [6.07, 6.45) is 2.27. The molecule has 1 N–H and O–H groups in total. The topological polar surface area (TPSA) is 54.2 Å². The first-order valence-corrected chi connectivity index (χ1v) is 6.70. The molecule has 0 atom stereocenters. The maximum atomic E-state index is 5.34. The molecular formula is C14H18N4O. The third kappa shape index (κ3) is 2.28. The SMILES string of the molecule is CCN(C)c1noc(-c2ccc3c(c2)CCCN3)n1. The van der Waals surface area contributed by atoms with E-state index in [0.29, 0.717) is 11.8 Å². The van der Waals surface area contributed by atoms with Crippen LogP contribution in [0.2, 0.25) is 0 Å². The highest BCUT2D eigenvalue weighted by Gasteiger charge is 2.14. The van der Waals surface area contributed by atoms with Crippen molar-refractivity contribution in [1.82, 2.24) is 10.1 Å². The molecule has 0 fully saturated rings. The van der Waals surface area contributed by atoms with Crippen molar-refractivity contribution < 1.29 is 4.52 Å². The molecule has 0 aliphatic carbocycles. The molecule has 0 spiro atoms. The molecule has 0 saturated carbocycles. The van der Waals surface area contributed by atoms with Crippen molar-refractivity contribution in [2.45, 2.75) is 19.8 Å². The minimum Gasteiger partial charge on any atom is -0.385 e. The van der Waals surface area contributed by atoms with Crippen LogP contribution in [-0.4, -0.2) is 30.3 Å². The van der Waals surface area contributed by atoms with E-state index in [4.69, 9.17) is 4.52 Å². The van der Waals surface area contributed by atoms with E-state index in [2.05, 4.69) is 34.5 Å². The van der Waals surface area contributed by atoms with Crippen molar-refractivity contribution in [2.75, 3.05) is 30.4 Å². The molecule has 100 valence electrons. The molecule has 0 amide bonds. The zero-order valence-corrected chi connectivity index (χ0v) is 11.3. The highest BCUT2D eigenvalue weighted by atomic mass is 16.5. The van der Waals surface area contributed by atoms with Gasteiger partial charge < -0.3 is 14.7 Å². The van der Waals surface area contributed by atoms with Crippen LogP contribution in [0.15, 0.2) is 22.7 Å². The van der Waals surface area contributed by atoms with Gasteiger partial charge in [-0.3, -0.25) is 0 Å². The number of nitrogens with zero attached hydrogens (tertiary/aromatic N) is 3. The zero-order chi connectivity index (χ0) is 13.2. The average Bonchev–Trinajstić information content (AvgIpc) is 2.95. The van der Waals surface area contributed by atoms with Crippen molar-refractivity contribution in [3.8, 4) is 11.5 Å². The lowest BCUT2D eigenvalue weighted by atomic mass is 10.0. The van der Waals surface area contributed by atoms with Gasteiger partial charge in [0.25, 0.3) is 11.8 Å². The van der Waals surface area contributed by atoms with Crippen molar-refractivity contribution in [3.63, 3.8) is 0 Å². The third-order valence-electron chi connectivity index (χ3n) is 3.52. The van der Waals surface area contributed by atoms with Crippen LogP contribution in [-0.2, 0) is 6.42 Å². The Morgan fingerprint density at radius 3 is 3.16 bits per heavy atom. The van der Waals surface area contributed by atoms with Gasteiger partial charge in [0.15, 0.2) is 0 Å². The van der Waals surface area contributed by atoms with E-state index in [9.17, 15) is 0 Å². The number of rotatable bonds is 3. The van der Waals surface area contributed by atoms with Gasteiger partial charge >= 0.3 is 0 Å². The van der Waals surface area contributed by atoms with Crippen LogP contribution in [0.3, 0.4) is 0 Å². The monoisotopic (exact) mass is 258 g/mol. The molecule has 0 unspecified atom stereocenters. The molecule has 5 heteroatoms. The minimum absolute atomic E-state index is 0.587. The molecule has 1 aromatic carbocycles. The summed E-state index contributed by atoms with van der Waals surface area (Å²) in [5.74, 6) is 1.22. The highest BCUT2D eigenvalue weighted by Crippen LogP contribution is 2.28. The lowest BCUT2D eigenvalue weighted by Crippen LogP contribution is -2.16. The summed E-state index contributed by atoms with van der Waals surface area (Å²) in [5, 5.41) is 7.40. The number of aryl methyl sites for hydroxylation is 1. The lowest BCUT2D eigenvalue weighted by molar-refractivity contribution is 0.430. The molecule has 2 aromatic rings. The minimum atomic E-state index is 0.587. The fraction of sp³-hybridized carbons (Fsp3) is 0.429. The van der Waals surface area contributed by atoms with E-state index in [0.717, 1.165) is 25.1 Å². The largest absolute Gasteiger partial charge is 0.385 e. The van der Waals surface area contributed by atoms with E-state index >= 15 is 0 Å². The van der Waals surface area contributed by atoms with Crippen LogP contribution in [0, 0.1) is 0 Å². The molecule has 19 heavy (non-hydrogen) atoms. The molecule has 1 aliphatic heterocycles. The number of hydrogen-bond donors (Lipinski definition) is 1. The van der Waals surface area contributed by atoms with Gasteiger partial charge in [0, 0.05) is 31.4 Å². The van der Waals surface area contributed by atoms with Crippen molar-refractivity contribution in [2.24, 2.45) is 0 Å². The Hall–Kier alpha value is -2.04. The molecule has 0 bridgehead atoms. The summed E-state index contributed by atoms with van der Waals surface area (Å²) in [6, 6.07) is 6.27. The van der Waals surface area contributed by atoms with Gasteiger partial charge in [-0.25, -0.2) is 0 Å². The summed E-state index contributed by atoms with van der Waals surface area (Å²) in [4.78, 5) is 6.38. The van der Waals surface area contributed by atoms with Gasteiger partial charge in [-0.2, -0.15) is 4.98 Å². The summed E-state index contributed by atoms with van der Waals surface area (Å²) < 4.78 is 5.34. The quantitative estimate of drug-likeness (QED) is 0.917. The summed E-state index contributed by atoms with van der Waals surface area (Å²) in [6.45, 7) is 3.96. The van der Waals surface area contributed by atoms with Crippen LogP contribution < -0.4 is 10.2 Å². The summed E-state index contributed by atoms with van der Waals surface area (Å²) >= 11 is 0. The Labute approximate surface area is 112 Å². The van der Waals surface area contributed by atoms with Crippen LogP contribution in [0.1, 0.15) is 18.9 Å². The van der Waals surface area contributed by atoms with Gasteiger partial charge in [0.05, 0.1) is 0 Å². The van der Waals surface area contributed by atoms with Gasteiger partial charge in [0.2, 0.25) is 0 Å². The average molecular weight is 258 g/mol. The van der Waals surface area contributed by atoms with Crippen molar-refractivity contribution in [1.29, 1.82) is 0 Å². The van der Waals surface area contributed by atoms with E-state index in [1.54, 1.807) is 0 Å². The summed E-state index contributed by atoms with van der Waals surface area (Å²) in [7, 11) is 1.95. The van der Waals surface area contributed by atoms with Crippen LogP contribution in [0.4, 0.5) is 11.6 Å². The normalized spacial score (nSPS) is 13.8. The second-order valence-corrected chi connectivity index (χ2v) is 4.82. The van der Waals surface area contributed by atoms with E-state index in [1.807, 2.05) is 18.0 Å². The maximum Gasteiger partial charge on any atom is 0.266 e. The van der Waals surface area contributed by atoms with Gasteiger partial charge in [-0.05, 0) is 48.7 Å². The zero-order valence-electron chi connectivity index (χ0n) is 11.3. The van der Waals surface area contributed by atoms with Gasteiger partial charge in [-0.1, -0.05) is 0 Å². The molecule has 5 nitrogen and oxygen atoms in total. The fourth-order valence-corrected chi connectivity index (χ4v) is 2.24. The second-order valence-electron chi connectivity index (χ2n) is 4.82. The first-order chi connectivity index (χ1) is 9.28. The molecule has 1 aromatic heterocycles. The Bertz CT molecular complexity index is 579. The Balaban J connectivity index is 1.91. The van der Waals surface area contributed by atoms with Gasteiger partial charge in [0.1, 0.15) is 0 Å². The molecule has 1 aliphatic rings. The fourth-order valence-electron chi connectivity index (χ4n) is 2.24. The van der Waals surface area contributed by atoms with Crippen molar-refractivity contribution >= 4 is 11.6 Å². The third-order valence-corrected chi connectivity index (χ3v) is 3.52. The Kier molecular flexibility index (Phi) is 3.11. The Morgan fingerprint density at radius 1 is 1.42 bits per heavy atom. The number of aromatic nitrogens is 2. The van der Waals surface area contributed by atoms with Crippen LogP contribution in [0.25, 0.3) is 11.5 Å². The molecule has 2 heterocycles. The molecule has 0 radical (unpaired) electrons. The van der Waals surface area contributed by atoms with E-state index in [-0.39, 0.29) is 0 Å². The predicted molar refractivity (Wildman–Crippen MR) is 75.5 cm³/mol. The first-order valence-electron chi connectivity index (χ1n) is 6.70. The molecular weight excluding hydrogens is 240 g/mol. The predicted octanol–water partition coefficient (Wildman–Crippen LogP) is 2.55. The number of benzene rings is 1. The number of hydrogen-bond acceptors (Lipinski definition) is 5. The maximum absolute atomic E-state index is 5.34. The number of nitrogens with one attached hydrogen (secondary N) is 1. The second kappa shape index (κ2) is 4.91. The number of fused-ring (bicyclic) bond motifs is 1. The highest BCUT2D eigenvalue weighted by molar-refractivity contribution is 5.64. The first kappa shape index (κ1) is 12.0. The van der Waals surface area contributed by atoms with Crippen LogP contribution in [0.5, 0.6) is 0 Å². The van der Waals surface area contributed by atoms with E-state index < -0.39 is 0 Å². The smallest absolute Gasteiger partial charge is 0.266 e. The molecule has 3 rings (SSSR count). The van der Waals surface area contributed by atoms with Crippen molar-refractivity contribution in [3.05, 3.63) is 23.8 Å². The molecule has 0 saturated heterocycles. The van der Waals surface area contributed by atoms with E-state index in [1.165, 1.54) is 17.7 Å². The van der Waals surface area contributed by atoms with Crippen LogP contribution >= 0.6 is 0 Å². The standard InChI is InChI=1S/C14H18N4O/c1-3-18(2)14-16-13(19-17-14)11-6-7-12-10(9-11)5-4-8-15-12/h6-7,9,15H,3-5,8H2,1-2H3. The summed E-state index contributed by atoms with van der Waals surface area (Å²) in [5.41, 5.74) is 3.54. The number of anilines is 2. The lowest BCUT2D eigenvalue weighted by Gasteiger charge is -2.17. The Morgan fingerprint density at radius 2 is 2.32 bits per heavy atom. The van der Waals surface area contributed by atoms with Gasteiger partial charge in [-0.15, -0.1) is 0 Å².